The van der Waals surface area contributed by atoms with Crippen LogP contribution in [0.2, 0.25) is 0 Å². The van der Waals surface area contributed by atoms with Crippen LogP contribution in [0.3, 0.4) is 0 Å². The first-order valence-electron chi connectivity index (χ1n) is 7.42. The molecule has 0 spiro atoms. The Kier molecular flexibility index (Phi) is 4.80. The van der Waals surface area contributed by atoms with Gasteiger partial charge in [0.05, 0.1) is 6.54 Å². The van der Waals surface area contributed by atoms with Gasteiger partial charge in [0.25, 0.3) is 11.5 Å². The van der Waals surface area contributed by atoms with Crippen LogP contribution in [-0.4, -0.2) is 38.7 Å². The third-order valence-electron chi connectivity index (χ3n) is 4.07. The van der Waals surface area contributed by atoms with Crippen molar-refractivity contribution in [2.75, 3.05) is 13.1 Å². The van der Waals surface area contributed by atoms with Gasteiger partial charge in [-0.3, -0.25) is 14.3 Å². The van der Waals surface area contributed by atoms with Crippen molar-refractivity contribution in [3.05, 3.63) is 51.2 Å². The summed E-state index contributed by atoms with van der Waals surface area (Å²) in [4.78, 5) is 29.3. The normalized spacial score (nSPS) is 10.7. The molecule has 2 aromatic rings. The predicted octanol–water partition coefficient (Wildman–Crippen LogP) is 1.66. The van der Waals surface area contributed by atoms with Gasteiger partial charge in [-0.25, -0.2) is 0 Å². The number of aryl methyl sites for hydroxylation is 1. The van der Waals surface area contributed by atoms with Gasteiger partial charge in [-0.15, -0.1) is 0 Å². The van der Waals surface area contributed by atoms with Gasteiger partial charge >= 0.3 is 0 Å². The van der Waals surface area contributed by atoms with Crippen LogP contribution in [0, 0.1) is 20.8 Å². The predicted molar refractivity (Wildman–Crippen MR) is 85.1 cm³/mol. The highest BCUT2D eigenvalue weighted by Gasteiger charge is 2.21. The Morgan fingerprint density at radius 2 is 2.05 bits per heavy atom. The highest BCUT2D eigenvalue weighted by Crippen LogP contribution is 2.13. The number of carbonyl (C=O) groups is 1. The number of likely N-dealkylation sites (N-methyl/N-ethyl adjacent to an activating group) is 1. The van der Waals surface area contributed by atoms with E-state index in [4.69, 9.17) is 0 Å². The van der Waals surface area contributed by atoms with Crippen molar-refractivity contribution in [2.24, 2.45) is 0 Å². The van der Waals surface area contributed by atoms with E-state index >= 15 is 0 Å². The number of nitrogens with zero attached hydrogens (tertiary/aromatic N) is 3. The zero-order valence-corrected chi connectivity index (χ0v) is 13.5. The molecule has 0 aromatic carbocycles. The fourth-order valence-electron chi connectivity index (χ4n) is 2.44. The van der Waals surface area contributed by atoms with E-state index in [0.717, 1.165) is 16.8 Å². The molecular formula is C16H22N4O2. The molecule has 0 atom stereocenters. The molecular weight excluding hydrogens is 280 g/mol. The van der Waals surface area contributed by atoms with E-state index in [-0.39, 0.29) is 17.0 Å². The Balaban J connectivity index is 2.25. The van der Waals surface area contributed by atoms with Gasteiger partial charge < -0.3 is 9.88 Å². The molecule has 1 amide bonds. The minimum atomic E-state index is -0.317. The maximum absolute atomic E-state index is 12.7. The molecule has 0 unspecified atom stereocenters. The standard InChI is InChI=1S/C16H22N4O2/c1-5-19(9-10-20-8-6-7-17-20)16(22)14-12(3)11(2)13(4)18-15(14)21/h6-8H,5,9-10H2,1-4H3,(H,18,21). The molecule has 2 heterocycles. The van der Waals surface area contributed by atoms with Gasteiger partial charge in [0.1, 0.15) is 5.56 Å². The topological polar surface area (TPSA) is 71.0 Å². The molecule has 6 heteroatoms. The fourth-order valence-corrected chi connectivity index (χ4v) is 2.44. The highest BCUT2D eigenvalue weighted by molar-refractivity contribution is 5.95. The first kappa shape index (κ1) is 16.0. The smallest absolute Gasteiger partial charge is 0.261 e. The first-order chi connectivity index (χ1) is 10.5. The van der Waals surface area contributed by atoms with Crippen LogP contribution in [0.5, 0.6) is 0 Å². The van der Waals surface area contributed by atoms with E-state index in [1.807, 2.05) is 40.0 Å². The van der Waals surface area contributed by atoms with Gasteiger partial charge in [-0.05, 0) is 44.9 Å². The second-order valence-electron chi connectivity index (χ2n) is 5.36. The molecule has 2 aromatic heterocycles. The lowest BCUT2D eigenvalue weighted by Gasteiger charge is -2.22. The van der Waals surface area contributed by atoms with Gasteiger partial charge in [0.15, 0.2) is 0 Å². The lowest BCUT2D eigenvalue weighted by Crippen LogP contribution is -2.38. The van der Waals surface area contributed by atoms with Crippen molar-refractivity contribution in [1.29, 1.82) is 0 Å². The van der Waals surface area contributed by atoms with E-state index in [9.17, 15) is 9.59 Å². The molecule has 0 aliphatic rings. The molecule has 22 heavy (non-hydrogen) atoms. The number of aromatic amines is 1. The number of H-pyrrole nitrogens is 1. The Morgan fingerprint density at radius 1 is 1.32 bits per heavy atom. The van der Waals surface area contributed by atoms with Gasteiger partial charge in [0.2, 0.25) is 0 Å². The molecule has 118 valence electrons. The third kappa shape index (κ3) is 3.10. The van der Waals surface area contributed by atoms with Crippen LogP contribution in [0.4, 0.5) is 0 Å². The van der Waals surface area contributed by atoms with Crippen molar-refractivity contribution < 1.29 is 4.79 Å². The van der Waals surface area contributed by atoms with Gasteiger partial charge in [-0.2, -0.15) is 5.10 Å². The minimum Gasteiger partial charge on any atom is -0.337 e. The summed E-state index contributed by atoms with van der Waals surface area (Å²) in [5.74, 6) is -0.225. The number of nitrogens with one attached hydrogen (secondary N) is 1. The van der Waals surface area contributed by atoms with Crippen LogP contribution in [-0.2, 0) is 6.54 Å². The Bertz CT molecular complexity index is 716. The van der Waals surface area contributed by atoms with Crippen molar-refractivity contribution in [1.82, 2.24) is 19.7 Å². The number of hydrogen-bond donors (Lipinski definition) is 1. The number of amides is 1. The second kappa shape index (κ2) is 6.60. The van der Waals surface area contributed by atoms with Gasteiger partial charge in [-0.1, -0.05) is 0 Å². The largest absolute Gasteiger partial charge is 0.337 e. The third-order valence-corrected chi connectivity index (χ3v) is 4.07. The van der Waals surface area contributed by atoms with Crippen molar-refractivity contribution in [2.45, 2.75) is 34.2 Å². The Hall–Kier alpha value is -2.37. The monoisotopic (exact) mass is 302 g/mol. The van der Waals surface area contributed by atoms with Crippen LogP contribution in [0.25, 0.3) is 0 Å². The number of pyridine rings is 1. The minimum absolute atomic E-state index is 0.225. The Labute approximate surface area is 129 Å². The number of rotatable bonds is 5. The van der Waals surface area contributed by atoms with E-state index in [1.54, 1.807) is 15.8 Å². The molecule has 0 bridgehead atoms. The van der Waals surface area contributed by atoms with Crippen LogP contribution in [0.1, 0.15) is 34.1 Å². The Morgan fingerprint density at radius 3 is 2.64 bits per heavy atom. The lowest BCUT2D eigenvalue weighted by atomic mass is 10.0. The maximum Gasteiger partial charge on any atom is 0.261 e. The van der Waals surface area contributed by atoms with E-state index in [1.165, 1.54) is 0 Å². The summed E-state index contributed by atoms with van der Waals surface area (Å²) in [6, 6.07) is 1.84. The molecule has 2 rings (SSSR count). The van der Waals surface area contributed by atoms with E-state index in [0.29, 0.717) is 19.6 Å². The molecule has 0 saturated heterocycles. The molecule has 6 nitrogen and oxygen atoms in total. The summed E-state index contributed by atoms with van der Waals surface area (Å²) >= 11 is 0. The molecule has 1 N–H and O–H groups in total. The fraction of sp³-hybridized carbons (Fsp3) is 0.438. The lowest BCUT2D eigenvalue weighted by molar-refractivity contribution is 0.0754. The summed E-state index contributed by atoms with van der Waals surface area (Å²) in [6.45, 7) is 9.16. The summed E-state index contributed by atoms with van der Waals surface area (Å²) in [7, 11) is 0. The summed E-state index contributed by atoms with van der Waals surface area (Å²) < 4.78 is 1.77. The van der Waals surface area contributed by atoms with Crippen LogP contribution >= 0.6 is 0 Å². The van der Waals surface area contributed by atoms with Crippen molar-refractivity contribution >= 4 is 5.91 Å². The zero-order chi connectivity index (χ0) is 16.3. The summed E-state index contributed by atoms with van der Waals surface area (Å²) in [5, 5.41) is 4.13. The summed E-state index contributed by atoms with van der Waals surface area (Å²) in [5.41, 5.74) is 2.43. The van der Waals surface area contributed by atoms with E-state index < -0.39 is 0 Å². The second-order valence-corrected chi connectivity index (χ2v) is 5.36. The molecule has 0 aliphatic carbocycles. The van der Waals surface area contributed by atoms with Crippen molar-refractivity contribution in [3.63, 3.8) is 0 Å². The molecule has 0 fully saturated rings. The molecule has 0 saturated carbocycles. The first-order valence-corrected chi connectivity index (χ1v) is 7.42. The quantitative estimate of drug-likeness (QED) is 0.913. The number of aromatic nitrogens is 3. The maximum atomic E-state index is 12.7. The highest BCUT2D eigenvalue weighted by atomic mass is 16.2. The van der Waals surface area contributed by atoms with Crippen molar-refractivity contribution in [3.8, 4) is 0 Å². The zero-order valence-electron chi connectivity index (χ0n) is 13.5. The van der Waals surface area contributed by atoms with Gasteiger partial charge in [0, 0.05) is 31.2 Å². The number of hydrogen-bond acceptors (Lipinski definition) is 3. The number of carbonyl (C=O) groups excluding carboxylic acids is 1. The molecule has 0 aliphatic heterocycles. The summed E-state index contributed by atoms with van der Waals surface area (Å²) in [6.07, 6.45) is 3.56. The van der Waals surface area contributed by atoms with Crippen LogP contribution < -0.4 is 5.56 Å². The average molecular weight is 302 g/mol. The SMILES string of the molecule is CCN(CCn1cccn1)C(=O)c1c(C)c(C)c(C)[nH]c1=O. The van der Waals surface area contributed by atoms with Crippen LogP contribution in [0.15, 0.2) is 23.3 Å². The molecule has 0 radical (unpaired) electrons. The average Bonchev–Trinajstić information content (AvgIpc) is 2.99. The van der Waals surface area contributed by atoms with E-state index in [2.05, 4.69) is 10.1 Å².